The highest BCUT2D eigenvalue weighted by Crippen LogP contribution is 2.24. The summed E-state index contributed by atoms with van der Waals surface area (Å²) < 4.78 is 5.67. The number of hydrogen-bond donors (Lipinski definition) is 2. The number of aliphatic imine (C=N–C) groups is 1. The van der Waals surface area contributed by atoms with E-state index >= 15 is 0 Å². The Hall–Kier alpha value is -1.95. The number of carbonyl (C=O) groups excluding carboxylic acids is 1. The third-order valence-electron chi connectivity index (χ3n) is 4.42. The molecule has 0 aliphatic carbocycles. The molecule has 0 saturated carbocycles. The number of rotatable bonds is 7. The summed E-state index contributed by atoms with van der Waals surface area (Å²) in [5.41, 5.74) is 0.987. The van der Waals surface area contributed by atoms with Crippen molar-refractivity contribution in [2.45, 2.75) is 46.7 Å². The smallest absolute Gasteiger partial charge is 0.225 e. The van der Waals surface area contributed by atoms with Crippen LogP contribution in [0.3, 0.4) is 0 Å². The summed E-state index contributed by atoms with van der Waals surface area (Å²) in [7, 11) is 0. The quantitative estimate of drug-likeness (QED) is 0.551. The lowest BCUT2D eigenvalue weighted by molar-refractivity contribution is -0.133. The van der Waals surface area contributed by atoms with Gasteiger partial charge in [-0.25, -0.2) is 4.99 Å². The van der Waals surface area contributed by atoms with Gasteiger partial charge in [-0.05, 0) is 32.4 Å². The highest BCUT2D eigenvalue weighted by molar-refractivity contribution is 6.30. The molecule has 1 saturated heterocycles. The topological polar surface area (TPSA) is 66.0 Å². The normalized spacial score (nSPS) is 17.3. The Morgan fingerprint density at radius 2 is 2.19 bits per heavy atom. The van der Waals surface area contributed by atoms with E-state index < -0.39 is 0 Å². The van der Waals surface area contributed by atoms with E-state index in [0.717, 1.165) is 36.8 Å². The molecule has 1 aromatic carbocycles. The van der Waals surface area contributed by atoms with Gasteiger partial charge in [0, 0.05) is 42.2 Å². The molecule has 1 unspecified atom stereocenters. The van der Waals surface area contributed by atoms with Crippen LogP contribution in [-0.2, 0) is 11.3 Å². The fraction of sp³-hybridized carbons (Fsp3) is 0.600. The van der Waals surface area contributed by atoms with Crippen molar-refractivity contribution in [1.29, 1.82) is 0 Å². The first-order chi connectivity index (χ1) is 12.9. The Balaban J connectivity index is 2.02. The number of carbonyl (C=O) groups is 1. The maximum Gasteiger partial charge on any atom is 0.225 e. The monoisotopic (exact) mass is 394 g/mol. The van der Waals surface area contributed by atoms with Crippen LogP contribution in [0.2, 0.25) is 5.02 Å². The standard InChI is InChI=1S/C20H31ClN4O2/c1-5-22-20(24-17-9-10-25(13-17)19(26)14(3)4)23-12-15-7-8-16(21)11-18(15)27-6-2/h7-8,11,14,17H,5-6,9-10,12-13H2,1-4H3,(H2,22,23,24). The lowest BCUT2D eigenvalue weighted by Gasteiger charge is -2.20. The second-order valence-corrected chi connectivity index (χ2v) is 7.39. The molecule has 6 nitrogen and oxygen atoms in total. The number of halogens is 1. The lowest BCUT2D eigenvalue weighted by Crippen LogP contribution is -2.45. The number of nitrogens with one attached hydrogen (secondary N) is 2. The van der Waals surface area contributed by atoms with Crippen molar-refractivity contribution in [3.8, 4) is 5.75 Å². The number of guanidine groups is 1. The van der Waals surface area contributed by atoms with Crippen molar-refractivity contribution < 1.29 is 9.53 Å². The van der Waals surface area contributed by atoms with Crippen molar-refractivity contribution in [3.05, 3.63) is 28.8 Å². The van der Waals surface area contributed by atoms with Crippen LogP contribution in [0.25, 0.3) is 0 Å². The maximum atomic E-state index is 12.2. The molecule has 1 heterocycles. The summed E-state index contributed by atoms with van der Waals surface area (Å²) in [5.74, 6) is 1.76. The SMILES string of the molecule is CCNC(=NCc1ccc(Cl)cc1OCC)NC1CCN(C(=O)C(C)C)C1. The van der Waals surface area contributed by atoms with E-state index in [2.05, 4.69) is 10.6 Å². The van der Waals surface area contributed by atoms with Crippen LogP contribution in [0.5, 0.6) is 5.75 Å². The molecule has 0 bridgehead atoms. The molecule has 1 aliphatic heterocycles. The van der Waals surface area contributed by atoms with E-state index in [1.807, 2.05) is 50.8 Å². The van der Waals surface area contributed by atoms with Gasteiger partial charge in [-0.15, -0.1) is 0 Å². The third kappa shape index (κ3) is 6.31. The van der Waals surface area contributed by atoms with Crippen molar-refractivity contribution in [2.24, 2.45) is 10.9 Å². The first-order valence-electron chi connectivity index (χ1n) is 9.69. The van der Waals surface area contributed by atoms with Gasteiger partial charge in [0.05, 0.1) is 13.2 Å². The van der Waals surface area contributed by atoms with E-state index in [1.165, 1.54) is 0 Å². The van der Waals surface area contributed by atoms with Crippen LogP contribution in [0.4, 0.5) is 0 Å². The molecule has 2 N–H and O–H groups in total. The van der Waals surface area contributed by atoms with Gasteiger partial charge < -0.3 is 20.3 Å². The van der Waals surface area contributed by atoms with E-state index in [4.69, 9.17) is 21.3 Å². The van der Waals surface area contributed by atoms with Crippen LogP contribution in [-0.4, -0.2) is 49.0 Å². The van der Waals surface area contributed by atoms with Gasteiger partial charge in [-0.3, -0.25) is 4.79 Å². The summed E-state index contributed by atoms with van der Waals surface area (Å²) in [6, 6.07) is 5.82. The number of benzene rings is 1. The van der Waals surface area contributed by atoms with Crippen LogP contribution < -0.4 is 15.4 Å². The first kappa shape index (κ1) is 21.4. The Morgan fingerprint density at radius 1 is 1.41 bits per heavy atom. The van der Waals surface area contributed by atoms with Gasteiger partial charge in [-0.2, -0.15) is 0 Å². The zero-order valence-corrected chi connectivity index (χ0v) is 17.5. The molecule has 2 rings (SSSR count). The number of amides is 1. The van der Waals surface area contributed by atoms with Gasteiger partial charge in [0.25, 0.3) is 0 Å². The van der Waals surface area contributed by atoms with E-state index in [-0.39, 0.29) is 17.9 Å². The summed E-state index contributed by atoms with van der Waals surface area (Å²) >= 11 is 6.07. The summed E-state index contributed by atoms with van der Waals surface area (Å²) in [6.07, 6.45) is 0.925. The highest BCUT2D eigenvalue weighted by Gasteiger charge is 2.27. The van der Waals surface area contributed by atoms with Crippen LogP contribution >= 0.6 is 11.6 Å². The first-order valence-corrected chi connectivity index (χ1v) is 10.1. The number of ether oxygens (including phenoxy) is 1. The minimum Gasteiger partial charge on any atom is -0.493 e. The maximum absolute atomic E-state index is 12.2. The predicted molar refractivity (Wildman–Crippen MR) is 110 cm³/mol. The minimum absolute atomic E-state index is 0.0348. The number of nitrogens with zero attached hydrogens (tertiary/aromatic N) is 2. The average molecular weight is 395 g/mol. The zero-order chi connectivity index (χ0) is 19.8. The molecule has 1 amide bonds. The van der Waals surface area contributed by atoms with Gasteiger partial charge >= 0.3 is 0 Å². The van der Waals surface area contributed by atoms with Crippen molar-refractivity contribution in [3.63, 3.8) is 0 Å². The minimum atomic E-state index is 0.0348. The van der Waals surface area contributed by atoms with Gasteiger partial charge in [0.15, 0.2) is 5.96 Å². The Kier molecular flexibility index (Phi) is 8.23. The molecule has 1 aromatic rings. The van der Waals surface area contributed by atoms with Crippen molar-refractivity contribution >= 4 is 23.5 Å². The second kappa shape index (κ2) is 10.4. The average Bonchev–Trinajstić information content (AvgIpc) is 3.09. The van der Waals surface area contributed by atoms with Gasteiger partial charge in [-0.1, -0.05) is 31.5 Å². The number of likely N-dealkylation sites (tertiary alicyclic amines) is 1. The molecule has 150 valence electrons. The van der Waals surface area contributed by atoms with E-state index in [9.17, 15) is 4.79 Å². The third-order valence-corrected chi connectivity index (χ3v) is 4.65. The summed E-state index contributed by atoms with van der Waals surface area (Å²) in [5, 5.41) is 7.38. The van der Waals surface area contributed by atoms with Crippen molar-refractivity contribution in [1.82, 2.24) is 15.5 Å². The Labute approximate surface area is 167 Å². The van der Waals surface area contributed by atoms with E-state index in [1.54, 1.807) is 0 Å². The zero-order valence-electron chi connectivity index (χ0n) is 16.7. The molecule has 0 spiro atoms. The van der Waals surface area contributed by atoms with Crippen LogP contribution in [0, 0.1) is 5.92 Å². The molecule has 27 heavy (non-hydrogen) atoms. The molecule has 1 aliphatic rings. The van der Waals surface area contributed by atoms with Gasteiger partial charge in [0.1, 0.15) is 5.75 Å². The second-order valence-electron chi connectivity index (χ2n) is 6.95. The fourth-order valence-corrected chi connectivity index (χ4v) is 3.23. The largest absolute Gasteiger partial charge is 0.493 e. The summed E-state index contributed by atoms with van der Waals surface area (Å²) in [4.78, 5) is 18.8. The molecule has 1 atom stereocenters. The lowest BCUT2D eigenvalue weighted by atomic mass is 10.2. The predicted octanol–water partition coefficient (Wildman–Crippen LogP) is 3.05. The molecule has 1 fully saturated rings. The Bertz CT molecular complexity index is 663. The molecule has 7 heteroatoms. The molecular formula is C20H31ClN4O2. The molecular weight excluding hydrogens is 364 g/mol. The molecule has 0 aromatic heterocycles. The highest BCUT2D eigenvalue weighted by atomic mass is 35.5. The summed E-state index contributed by atoms with van der Waals surface area (Å²) in [6.45, 7) is 11.2. The van der Waals surface area contributed by atoms with E-state index in [0.29, 0.717) is 24.7 Å². The fourth-order valence-electron chi connectivity index (χ4n) is 3.07. The molecule has 0 radical (unpaired) electrons. The Morgan fingerprint density at radius 3 is 2.85 bits per heavy atom. The van der Waals surface area contributed by atoms with Gasteiger partial charge in [0.2, 0.25) is 5.91 Å². The van der Waals surface area contributed by atoms with Crippen LogP contribution in [0.15, 0.2) is 23.2 Å². The van der Waals surface area contributed by atoms with Crippen molar-refractivity contribution in [2.75, 3.05) is 26.2 Å². The van der Waals surface area contributed by atoms with Crippen LogP contribution in [0.1, 0.15) is 39.7 Å². The number of hydrogen-bond acceptors (Lipinski definition) is 3.